The van der Waals surface area contributed by atoms with Crippen molar-refractivity contribution in [2.75, 3.05) is 48.8 Å². The maximum absolute atomic E-state index is 12.7. The Morgan fingerprint density at radius 2 is 1.94 bits per heavy atom. The Kier molecular flexibility index (Phi) is 7.79. The van der Waals surface area contributed by atoms with E-state index in [4.69, 9.17) is 23.1 Å². The summed E-state index contributed by atoms with van der Waals surface area (Å²) in [7, 11) is 1.58. The number of likely N-dealkylation sites (tertiary alicyclic amines) is 1. The van der Waals surface area contributed by atoms with Crippen molar-refractivity contribution in [3.05, 3.63) is 45.5 Å². The van der Waals surface area contributed by atoms with E-state index in [1.807, 2.05) is 34.5 Å². The van der Waals surface area contributed by atoms with Crippen molar-refractivity contribution in [1.82, 2.24) is 9.88 Å². The number of carbonyl (C=O) groups is 1. The normalized spacial score (nSPS) is 19.7. The number of rotatable bonds is 6. The smallest absolute Gasteiger partial charge is 0.324 e. The number of piperidine rings is 1. The number of carbonyl (C=O) groups excluding carboxylic acids is 1. The second-order valence-corrected chi connectivity index (χ2v) is 9.72. The molecule has 1 atom stereocenters. The zero-order valence-electron chi connectivity index (χ0n) is 19.3. The molecule has 1 aromatic heterocycles. The predicted molar refractivity (Wildman–Crippen MR) is 141 cm³/mol. The lowest BCUT2D eigenvalue weighted by atomic mass is 9.99. The molecule has 3 heterocycles. The van der Waals surface area contributed by atoms with Gasteiger partial charge in [-0.25, -0.2) is 9.78 Å². The first kappa shape index (κ1) is 24.2. The number of benzene rings is 1. The van der Waals surface area contributed by atoms with Crippen molar-refractivity contribution in [1.29, 1.82) is 0 Å². The molecule has 0 radical (unpaired) electrons. The topological polar surface area (TPSA) is 125 Å². The van der Waals surface area contributed by atoms with E-state index in [-0.39, 0.29) is 22.8 Å². The van der Waals surface area contributed by atoms with Crippen molar-refractivity contribution in [2.24, 2.45) is 16.5 Å². The summed E-state index contributed by atoms with van der Waals surface area (Å²) in [6.07, 6.45) is 4.29. The number of hydrogen-bond acceptors (Lipinski definition) is 7. The molecule has 6 N–H and O–H groups in total. The number of nitrogens with one attached hydrogen (secondary N) is 2. The van der Waals surface area contributed by atoms with Gasteiger partial charge in [-0.05, 0) is 37.8 Å². The van der Waals surface area contributed by atoms with Crippen molar-refractivity contribution in [3.63, 3.8) is 0 Å². The van der Waals surface area contributed by atoms with Crippen LogP contribution >= 0.6 is 22.9 Å². The van der Waals surface area contributed by atoms with Crippen LogP contribution < -0.4 is 27.0 Å². The number of halogens is 1. The molecule has 0 aliphatic carbocycles. The van der Waals surface area contributed by atoms with E-state index < -0.39 is 0 Å². The molecule has 2 aromatic rings. The molecule has 4 rings (SSSR count). The summed E-state index contributed by atoms with van der Waals surface area (Å²) in [5, 5.41) is 8.95. The lowest BCUT2D eigenvalue weighted by Crippen LogP contribution is -2.38. The highest BCUT2D eigenvalue weighted by Gasteiger charge is 2.26. The van der Waals surface area contributed by atoms with Crippen LogP contribution in [0.1, 0.15) is 36.6 Å². The first-order valence-electron chi connectivity index (χ1n) is 11.5. The van der Waals surface area contributed by atoms with Gasteiger partial charge in [0, 0.05) is 44.5 Å². The second-order valence-electron chi connectivity index (χ2n) is 8.45. The van der Waals surface area contributed by atoms with E-state index in [1.165, 1.54) is 24.2 Å². The van der Waals surface area contributed by atoms with Crippen molar-refractivity contribution >= 4 is 52.0 Å². The van der Waals surface area contributed by atoms with Gasteiger partial charge in [0.05, 0.1) is 16.4 Å². The lowest BCUT2D eigenvalue weighted by molar-refractivity contribution is 0.255. The number of hydrogen-bond donors (Lipinski definition) is 4. The highest BCUT2D eigenvalue weighted by atomic mass is 35.5. The molecule has 0 saturated carbocycles. The summed E-state index contributed by atoms with van der Waals surface area (Å²) in [5.41, 5.74) is 13.9. The Hall–Kier alpha value is -2.98. The number of nitrogens with zero attached hydrogens (tertiary/aromatic N) is 4. The third-order valence-electron chi connectivity index (χ3n) is 6.16. The van der Waals surface area contributed by atoms with Gasteiger partial charge in [-0.2, -0.15) is 0 Å². The molecule has 11 heteroatoms. The lowest BCUT2D eigenvalue weighted by Gasteiger charge is -2.34. The van der Waals surface area contributed by atoms with Gasteiger partial charge in [0.15, 0.2) is 0 Å². The van der Waals surface area contributed by atoms with Gasteiger partial charge >= 0.3 is 6.03 Å². The molecule has 1 aromatic carbocycles. The summed E-state index contributed by atoms with van der Waals surface area (Å²) >= 11 is 7.81. The van der Waals surface area contributed by atoms with Gasteiger partial charge < -0.3 is 26.6 Å². The maximum Gasteiger partial charge on any atom is 0.324 e. The molecule has 182 valence electrons. The fourth-order valence-electron chi connectivity index (χ4n) is 4.38. The number of urea groups is 1. The minimum absolute atomic E-state index is 0.191. The molecule has 2 aliphatic rings. The third kappa shape index (κ3) is 5.56. The Bertz CT molecular complexity index is 1080. The summed E-state index contributed by atoms with van der Waals surface area (Å²) in [4.78, 5) is 25.6. The summed E-state index contributed by atoms with van der Waals surface area (Å²) in [6.45, 7) is 3.50. The highest BCUT2D eigenvalue weighted by molar-refractivity contribution is 7.10. The largest absolute Gasteiger partial charge is 0.384 e. The standard InChI is InChI=1S/C23H31ClN8OS/c1-27-20(25)19(24)21(26)32-12-6-7-15(13-32)22-29-18(14-34-22)30-23(33)28-16-8-2-3-9-17(16)31-10-4-5-11-31/h2-3,8-9,14-15H,4-7,10-13,26H2,1H3,(H2,25,27)(H2,28,30,33). The fraction of sp³-hybridized carbons (Fsp3) is 0.435. The van der Waals surface area contributed by atoms with Crippen molar-refractivity contribution in [3.8, 4) is 0 Å². The Balaban J connectivity index is 1.39. The van der Waals surface area contributed by atoms with Crippen LogP contribution in [0.25, 0.3) is 0 Å². The third-order valence-corrected chi connectivity index (χ3v) is 7.56. The van der Waals surface area contributed by atoms with Gasteiger partial charge in [0.25, 0.3) is 0 Å². The maximum atomic E-state index is 12.7. The minimum atomic E-state index is -0.304. The number of amides is 2. The Morgan fingerprint density at radius 1 is 1.18 bits per heavy atom. The number of para-hydroxylation sites is 2. The summed E-state index contributed by atoms with van der Waals surface area (Å²) in [6, 6.07) is 7.59. The molecular formula is C23H31ClN8OS. The van der Waals surface area contributed by atoms with Gasteiger partial charge in [0.2, 0.25) is 0 Å². The quantitative estimate of drug-likeness (QED) is 0.350. The fourth-order valence-corrected chi connectivity index (χ4v) is 5.47. The molecular weight excluding hydrogens is 472 g/mol. The first-order valence-corrected chi connectivity index (χ1v) is 12.7. The zero-order chi connectivity index (χ0) is 24.1. The van der Waals surface area contributed by atoms with Crippen LogP contribution in [0.15, 0.2) is 45.5 Å². The molecule has 2 aliphatic heterocycles. The first-order chi connectivity index (χ1) is 16.5. The van der Waals surface area contributed by atoms with Crippen LogP contribution in [-0.2, 0) is 0 Å². The number of amidine groups is 1. The molecule has 34 heavy (non-hydrogen) atoms. The van der Waals surface area contributed by atoms with Crippen molar-refractivity contribution in [2.45, 2.75) is 31.6 Å². The van der Waals surface area contributed by atoms with Crippen LogP contribution in [-0.4, -0.2) is 55.0 Å². The number of nitrogens with two attached hydrogens (primary N) is 2. The highest BCUT2D eigenvalue weighted by Crippen LogP contribution is 2.32. The second kappa shape index (κ2) is 11.0. The number of aliphatic imine (C=N–C) groups is 1. The SMILES string of the molecule is CN=C(N)C(Cl)=C(N)N1CCCC(c2nc(NC(=O)Nc3ccccc3N3CCCC3)cs2)C1. The van der Waals surface area contributed by atoms with Gasteiger partial charge in [-0.3, -0.25) is 10.3 Å². The van der Waals surface area contributed by atoms with Crippen LogP contribution in [0.2, 0.25) is 0 Å². The number of anilines is 3. The van der Waals surface area contributed by atoms with E-state index in [9.17, 15) is 4.79 Å². The van der Waals surface area contributed by atoms with Gasteiger partial charge in [-0.15, -0.1) is 11.3 Å². The molecule has 2 saturated heterocycles. The zero-order valence-corrected chi connectivity index (χ0v) is 20.8. The molecule has 2 fully saturated rings. The van der Waals surface area contributed by atoms with Crippen LogP contribution in [0.4, 0.5) is 22.0 Å². The van der Waals surface area contributed by atoms with Crippen molar-refractivity contribution < 1.29 is 4.79 Å². The molecule has 1 unspecified atom stereocenters. The average molecular weight is 503 g/mol. The Morgan fingerprint density at radius 3 is 2.71 bits per heavy atom. The van der Waals surface area contributed by atoms with E-state index in [0.29, 0.717) is 18.2 Å². The van der Waals surface area contributed by atoms with E-state index in [0.717, 1.165) is 48.9 Å². The predicted octanol–water partition coefficient (Wildman–Crippen LogP) is 3.92. The number of thiazole rings is 1. The Labute approximate surface area is 208 Å². The molecule has 2 amide bonds. The van der Waals surface area contributed by atoms with E-state index in [1.54, 1.807) is 7.05 Å². The van der Waals surface area contributed by atoms with Crippen LogP contribution in [0.3, 0.4) is 0 Å². The molecule has 0 bridgehead atoms. The minimum Gasteiger partial charge on any atom is -0.384 e. The number of aromatic nitrogens is 1. The van der Waals surface area contributed by atoms with E-state index in [2.05, 4.69) is 25.5 Å². The van der Waals surface area contributed by atoms with E-state index >= 15 is 0 Å². The molecule has 9 nitrogen and oxygen atoms in total. The van der Waals surface area contributed by atoms with Crippen LogP contribution in [0, 0.1) is 0 Å². The summed E-state index contributed by atoms with van der Waals surface area (Å²) in [5.74, 6) is 1.38. The summed E-state index contributed by atoms with van der Waals surface area (Å²) < 4.78 is 0. The van der Waals surface area contributed by atoms with Gasteiger partial charge in [0.1, 0.15) is 22.5 Å². The monoisotopic (exact) mass is 502 g/mol. The molecule has 0 spiro atoms. The average Bonchev–Trinajstić information content (AvgIpc) is 3.55. The van der Waals surface area contributed by atoms with Gasteiger partial charge in [-0.1, -0.05) is 23.7 Å². The van der Waals surface area contributed by atoms with Crippen LogP contribution in [0.5, 0.6) is 0 Å².